The zero-order chi connectivity index (χ0) is 10.8. The van der Waals surface area contributed by atoms with Crippen LogP contribution in [0.5, 0.6) is 0 Å². The van der Waals surface area contributed by atoms with Gasteiger partial charge in [-0.3, -0.25) is 0 Å². The highest BCUT2D eigenvalue weighted by molar-refractivity contribution is 4.81. The van der Waals surface area contributed by atoms with Crippen LogP contribution in [-0.2, 0) is 4.74 Å². The molecule has 0 saturated carbocycles. The van der Waals surface area contributed by atoms with Crippen molar-refractivity contribution in [1.29, 1.82) is 0 Å². The average Bonchev–Trinajstić information content (AvgIpc) is 2.27. The molecular formula is C12H25NO. The van der Waals surface area contributed by atoms with Crippen LogP contribution in [0.4, 0.5) is 0 Å². The van der Waals surface area contributed by atoms with Gasteiger partial charge in [-0.05, 0) is 60.4 Å². The second-order valence-electron chi connectivity index (χ2n) is 6.00. The van der Waals surface area contributed by atoms with Gasteiger partial charge in [-0.25, -0.2) is 0 Å². The highest BCUT2D eigenvalue weighted by Gasteiger charge is 2.31. The number of rotatable bonds is 3. The maximum atomic E-state index is 5.92. The second-order valence-corrected chi connectivity index (χ2v) is 6.00. The van der Waals surface area contributed by atoms with Gasteiger partial charge in [-0.15, -0.1) is 0 Å². The van der Waals surface area contributed by atoms with Gasteiger partial charge in [-0.1, -0.05) is 0 Å². The standard InChI is InChI=1S/C12H25NO/c1-11(2,3)13-9-7-10-6-8-12(4,5)14-10/h10,13H,6-9H2,1-5H3. The molecule has 1 N–H and O–H groups in total. The number of hydrogen-bond acceptors (Lipinski definition) is 2. The highest BCUT2D eigenvalue weighted by Crippen LogP contribution is 2.30. The summed E-state index contributed by atoms with van der Waals surface area (Å²) in [7, 11) is 0. The Hall–Kier alpha value is -0.0800. The third-order valence-corrected chi connectivity index (χ3v) is 2.68. The summed E-state index contributed by atoms with van der Waals surface area (Å²) >= 11 is 0. The Bertz CT molecular complexity index is 181. The fraction of sp³-hybridized carbons (Fsp3) is 1.00. The molecule has 0 spiro atoms. The van der Waals surface area contributed by atoms with Gasteiger partial charge in [0.15, 0.2) is 0 Å². The Morgan fingerprint density at radius 1 is 1.36 bits per heavy atom. The van der Waals surface area contributed by atoms with E-state index in [1.807, 2.05) is 0 Å². The second kappa shape index (κ2) is 4.19. The van der Waals surface area contributed by atoms with Crippen LogP contribution in [0.25, 0.3) is 0 Å². The molecule has 84 valence electrons. The number of ether oxygens (including phenoxy) is 1. The van der Waals surface area contributed by atoms with Gasteiger partial charge in [0.1, 0.15) is 0 Å². The monoisotopic (exact) mass is 199 g/mol. The van der Waals surface area contributed by atoms with Crippen LogP contribution in [0.2, 0.25) is 0 Å². The van der Waals surface area contributed by atoms with Gasteiger partial charge in [0.2, 0.25) is 0 Å². The van der Waals surface area contributed by atoms with E-state index >= 15 is 0 Å². The van der Waals surface area contributed by atoms with E-state index in [1.54, 1.807) is 0 Å². The first-order valence-electron chi connectivity index (χ1n) is 5.71. The van der Waals surface area contributed by atoms with Gasteiger partial charge in [0, 0.05) is 5.54 Å². The van der Waals surface area contributed by atoms with Crippen molar-refractivity contribution in [1.82, 2.24) is 5.32 Å². The third-order valence-electron chi connectivity index (χ3n) is 2.68. The first-order valence-corrected chi connectivity index (χ1v) is 5.71. The molecule has 1 fully saturated rings. The first-order chi connectivity index (χ1) is 6.29. The van der Waals surface area contributed by atoms with E-state index in [4.69, 9.17) is 4.74 Å². The molecule has 2 heteroatoms. The van der Waals surface area contributed by atoms with Crippen molar-refractivity contribution < 1.29 is 4.74 Å². The van der Waals surface area contributed by atoms with E-state index in [2.05, 4.69) is 39.9 Å². The maximum Gasteiger partial charge on any atom is 0.0631 e. The molecule has 1 rings (SSSR count). The zero-order valence-electron chi connectivity index (χ0n) is 10.3. The van der Waals surface area contributed by atoms with Crippen LogP contribution in [0.15, 0.2) is 0 Å². The lowest BCUT2D eigenvalue weighted by molar-refractivity contribution is -0.0183. The average molecular weight is 199 g/mol. The van der Waals surface area contributed by atoms with Crippen LogP contribution >= 0.6 is 0 Å². The van der Waals surface area contributed by atoms with Gasteiger partial charge >= 0.3 is 0 Å². The lowest BCUT2D eigenvalue weighted by atomic mass is 10.0. The zero-order valence-corrected chi connectivity index (χ0v) is 10.3. The van der Waals surface area contributed by atoms with Gasteiger partial charge < -0.3 is 10.1 Å². The van der Waals surface area contributed by atoms with Crippen molar-refractivity contribution in [2.24, 2.45) is 0 Å². The van der Waals surface area contributed by atoms with Gasteiger partial charge in [0.05, 0.1) is 11.7 Å². The molecule has 0 radical (unpaired) electrons. The van der Waals surface area contributed by atoms with Crippen LogP contribution in [-0.4, -0.2) is 23.8 Å². The summed E-state index contributed by atoms with van der Waals surface area (Å²) in [5.74, 6) is 0. The molecule has 1 saturated heterocycles. The smallest absolute Gasteiger partial charge is 0.0631 e. The molecule has 14 heavy (non-hydrogen) atoms. The lowest BCUT2D eigenvalue weighted by Crippen LogP contribution is -2.37. The molecule has 0 aliphatic carbocycles. The number of nitrogens with one attached hydrogen (secondary N) is 1. The summed E-state index contributed by atoms with van der Waals surface area (Å²) in [6.45, 7) is 12.0. The molecule has 1 aliphatic heterocycles. The van der Waals surface area contributed by atoms with Crippen molar-refractivity contribution >= 4 is 0 Å². The van der Waals surface area contributed by atoms with Crippen molar-refractivity contribution in [3.8, 4) is 0 Å². The summed E-state index contributed by atoms with van der Waals surface area (Å²) in [6.07, 6.45) is 4.03. The quantitative estimate of drug-likeness (QED) is 0.754. The fourth-order valence-corrected chi connectivity index (χ4v) is 1.89. The molecule has 0 aromatic rings. The predicted molar refractivity (Wildman–Crippen MR) is 60.6 cm³/mol. The third kappa shape index (κ3) is 4.43. The number of hydrogen-bond donors (Lipinski definition) is 1. The lowest BCUT2D eigenvalue weighted by Gasteiger charge is -2.23. The van der Waals surface area contributed by atoms with E-state index in [1.165, 1.54) is 12.8 Å². The van der Waals surface area contributed by atoms with Crippen LogP contribution in [0, 0.1) is 0 Å². The minimum atomic E-state index is 0.117. The summed E-state index contributed by atoms with van der Waals surface area (Å²) in [5.41, 5.74) is 0.348. The molecule has 0 aromatic heterocycles. The summed E-state index contributed by atoms with van der Waals surface area (Å²) in [6, 6.07) is 0. The molecule has 0 amide bonds. The van der Waals surface area contributed by atoms with Crippen LogP contribution < -0.4 is 5.32 Å². The topological polar surface area (TPSA) is 21.3 Å². The first kappa shape index (κ1) is 12.0. The Labute approximate surface area is 88.4 Å². The Morgan fingerprint density at radius 2 is 2.00 bits per heavy atom. The predicted octanol–water partition coefficient (Wildman–Crippen LogP) is 2.72. The Balaban J connectivity index is 2.15. The maximum absolute atomic E-state index is 5.92. The van der Waals surface area contributed by atoms with E-state index in [9.17, 15) is 0 Å². The van der Waals surface area contributed by atoms with E-state index in [-0.39, 0.29) is 11.1 Å². The molecule has 1 unspecified atom stereocenters. The summed E-state index contributed by atoms with van der Waals surface area (Å²) in [5, 5.41) is 3.50. The van der Waals surface area contributed by atoms with Crippen LogP contribution in [0.3, 0.4) is 0 Å². The molecule has 1 aliphatic rings. The van der Waals surface area contributed by atoms with Gasteiger partial charge in [-0.2, -0.15) is 0 Å². The van der Waals surface area contributed by atoms with E-state index < -0.39 is 0 Å². The summed E-state index contributed by atoms with van der Waals surface area (Å²) in [4.78, 5) is 0. The highest BCUT2D eigenvalue weighted by atomic mass is 16.5. The molecule has 0 aromatic carbocycles. The van der Waals surface area contributed by atoms with Crippen LogP contribution in [0.1, 0.15) is 53.9 Å². The molecule has 0 bridgehead atoms. The summed E-state index contributed by atoms with van der Waals surface area (Å²) < 4.78 is 5.92. The Morgan fingerprint density at radius 3 is 2.43 bits per heavy atom. The molecule has 1 atom stereocenters. The molecule has 1 heterocycles. The van der Waals surface area contributed by atoms with Gasteiger partial charge in [0.25, 0.3) is 0 Å². The molecule has 2 nitrogen and oxygen atoms in total. The minimum absolute atomic E-state index is 0.117. The minimum Gasteiger partial charge on any atom is -0.372 e. The SMILES string of the molecule is CC(C)(C)NCCC1CCC(C)(C)O1. The molecular weight excluding hydrogens is 174 g/mol. The van der Waals surface area contributed by atoms with Crippen molar-refractivity contribution in [3.05, 3.63) is 0 Å². The Kier molecular flexibility index (Phi) is 3.59. The van der Waals surface area contributed by atoms with Crippen molar-refractivity contribution in [2.75, 3.05) is 6.54 Å². The normalized spacial score (nSPS) is 26.8. The van der Waals surface area contributed by atoms with E-state index in [0.717, 1.165) is 13.0 Å². The van der Waals surface area contributed by atoms with E-state index in [0.29, 0.717) is 6.10 Å². The van der Waals surface area contributed by atoms with Crippen molar-refractivity contribution in [3.63, 3.8) is 0 Å². The fourth-order valence-electron chi connectivity index (χ4n) is 1.89. The largest absolute Gasteiger partial charge is 0.372 e. The van der Waals surface area contributed by atoms with Crippen molar-refractivity contribution in [2.45, 2.75) is 71.1 Å².